The largest absolute Gasteiger partial charge is 0.507 e. The van der Waals surface area contributed by atoms with Crippen molar-refractivity contribution in [1.29, 1.82) is 0 Å². The first-order valence-corrected chi connectivity index (χ1v) is 7.88. The molecular weight excluding hydrogens is 436 g/mol. The van der Waals surface area contributed by atoms with Gasteiger partial charge in [-0.15, -0.1) is 0 Å². The van der Waals surface area contributed by atoms with E-state index in [9.17, 15) is 23.1 Å². The fourth-order valence-corrected chi connectivity index (χ4v) is 2.80. The molecule has 1 N–H and O–H groups in total. The molecule has 0 aliphatic heterocycles. The number of rotatable bonds is 2. The topological polar surface area (TPSA) is 55.1 Å². The van der Waals surface area contributed by atoms with Crippen LogP contribution >= 0.6 is 22.6 Å². The highest BCUT2D eigenvalue weighted by atomic mass is 127. The van der Waals surface area contributed by atoms with E-state index in [1.807, 2.05) is 22.6 Å². The minimum Gasteiger partial charge on any atom is -0.507 e. The Labute approximate surface area is 147 Å². The van der Waals surface area contributed by atoms with Crippen LogP contribution in [0.4, 0.5) is 13.2 Å². The van der Waals surface area contributed by atoms with Crippen molar-refractivity contribution >= 4 is 33.6 Å². The summed E-state index contributed by atoms with van der Waals surface area (Å²) in [4.78, 5) is 16.3. The van der Waals surface area contributed by atoms with Crippen molar-refractivity contribution in [2.75, 3.05) is 0 Å². The van der Waals surface area contributed by atoms with E-state index in [-0.39, 0.29) is 17.9 Å². The van der Waals surface area contributed by atoms with Crippen molar-refractivity contribution in [2.24, 2.45) is 0 Å². The van der Waals surface area contributed by atoms with E-state index in [2.05, 4.69) is 4.98 Å². The Bertz CT molecular complexity index is 966. The van der Waals surface area contributed by atoms with E-state index in [1.165, 1.54) is 16.7 Å². The number of fused-ring (bicyclic) bond motifs is 1. The number of hydrogen-bond donors (Lipinski definition) is 1. The first-order chi connectivity index (χ1) is 11.3. The Kier molecular flexibility index (Phi) is 4.24. The lowest BCUT2D eigenvalue weighted by Gasteiger charge is -2.12. The minimum absolute atomic E-state index is 0.0569. The fraction of sp³-hybridized carbons (Fsp3) is 0.125. The lowest BCUT2D eigenvalue weighted by atomic mass is 10.1. The SMILES string of the molecule is O=c1cc(O)c2cc(I)cnc2n1Cc1ccc(C(F)(F)F)cc1. The Morgan fingerprint density at radius 1 is 1.17 bits per heavy atom. The molecule has 0 bridgehead atoms. The molecule has 8 heteroatoms. The molecule has 0 aliphatic rings. The molecule has 2 heterocycles. The normalized spacial score (nSPS) is 11.8. The third-order valence-electron chi connectivity index (χ3n) is 3.51. The molecule has 1 aromatic carbocycles. The maximum absolute atomic E-state index is 12.6. The third kappa shape index (κ3) is 3.23. The second-order valence-corrected chi connectivity index (χ2v) is 6.42. The molecule has 3 rings (SSSR count). The number of alkyl halides is 3. The smallest absolute Gasteiger partial charge is 0.416 e. The molecule has 2 aromatic heterocycles. The summed E-state index contributed by atoms with van der Waals surface area (Å²) in [6.07, 6.45) is -2.86. The van der Waals surface area contributed by atoms with Crippen LogP contribution in [0.1, 0.15) is 11.1 Å². The standard InChI is InChI=1S/C16H10F3IN2O2/c17-16(18,19)10-3-1-9(2-4-10)8-22-14(24)6-13(23)12-5-11(20)7-21-15(12)22/h1-7,23H,8H2. The highest BCUT2D eigenvalue weighted by molar-refractivity contribution is 14.1. The van der Waals surface area contributed by atoms with Gasteiger partial charge in [-0.2, -0.15) is 13.2 Å². The number of aromatic nitrogens is 2. The Hall–Kier alpha value is -2.10. The average molecular weight is 446 g/mol. The van der Waals surface area contributed by atoms with E-state index >= 15 is 0 Å². The fourth-order valence-electron chi connectivity index (χ4n) is 2.35. The van der Waals surface area contributed by atoms with Gasteiger partial charge >= 0.3 is 6.18 Å². The molecule has 24 heavy (non-hydrogen) atoms. The lowest BCUT2D eigenvalue weighted by molar-refractivity contribution is -0.137. The highest BCUT2D eigenvalue weighted by Crippen LogP contribution is 2.29. The van der Waals surface area contributed by atoms with Gasteiger partial charge in [-0.25, -0.2) is 4.98 Å². The Balaban J connectivity index is 2.06. The van der Waals surface area contributed by atoms with Gasteiger partial charge in [0.05, 0.1) is 17.5 Å². The molecule has 0 unspecified atom stereocenters. The maximum Gasteiger partial charge on any atom is 0.416 e. The average Bonchev–Trinajstić information content (AvgIpc) is 2.51. The monoisotopic (exact) mass is 446 g/mol. The van der Waals surface area contributed by atoms with Gasteiger partial charge in [0, 0.05) is 15.8 Å². The van der Waals surface area contributed by atoms with Crippen LogP contribution < -0.4 is 5.56 Å². The second kappa shape index (κ2) is 6.08. The van der Waals surface area contributed by atoms with E-state index in [1.54, 1.807) is 12.3 Å². The van der Waals surface area contributed by atoms with Crippen molar-refractivity contribution in [3.05, 3.63) is 67.6 Å². The zero-order valence-corrected chi connectivity index (χ0v) is 14.2. The van der Waals surface area contributed by atoms with Crippen molar-refractivity contribution < 1.29 is 18.3 Å². The molecule has 0 fully saturated rings. The number of pyridine rings is 2. The van der Waals surface area contributed by atoms with Gasteiger partial charge in [0.1, 0.15) is 11.4 Å². The molecule has 0 saturated carbocycles. The summed E-state index contributed by atoms with van der Waals surface area (Å²) in [5.74, 6) is -0.176. The number of halogens is 4. The van der Waals surface area contributed by atoms with Crippen molar-refractivity contribution in [2.45, 2.75) is 12.7 Å². The predicted octanol–water partition coefficient (Wildman–Crippen LogP) is 3.77. The van der Waals surface area contributed by atoms with Crippen LogP contribution in [-0.4, -0.2) is 14.7 Å². The quantitative estimate of drug-likeness (QED) is 0.610. The van der Waals surface area contributed by atoms with E-state index < -0.39 is 17.3 Å². The summed E-state index contributed by atoms with van der Waals surface area (Å²) >= 11 is 2.03. The molecule has 124 valence electrons. The minimum atomic E-state index is -4.40. The summed E-state index contributed by atoms with van der Waals surface area (Å²) in [6, 6.07) is 7.34. The summed E-state index contributed by atoms with van der Waals surface area (Å²) in [7, 11) is 0. The van der Waals surface area contributed by atoms with Gasteiger partial charge in [-0.05, 0) is 46.4 Å². The molecule has 0 radical (unpaired) electrons. The molecule has 4 nitrogen and oxygen atoms in total. The second-order valence-electron chi connectivity index (χ2n) is 5.17. The van der Waals surface area contributed by atoms with Gasteiger partial charge < -0.3 is 5.11 Å². The molecule has 0 saturated heterocycles. The zero-order chi connectivity index (χ0) is 17.5. The number of benzene rings is 1. The van der Waals surface area contributed by atoms with E-state index in [0.717, 1.165) is 21.8 Å². The summed E-state index contributed by atoms with van der Waals surface area (Å²) in [5.41, 5.74) is -0.423. The molecular formula is C16H10F3IN2O2. The summed E-state index contributed by atoms with van der Waals surface area (Å²) < 4.78 is 39.9. The van der Waals surface area contributed by atoms with Crippen LogP contribution in [0.2, 0.25) is 0 Å². The van der Waals surface area contributed by atoms with Crippen molar-refractivity contribution in [1.82, 2.24) is 9.55 Å². The Morgan fingerprint density at radius 2 is 1.83 bits per heavy atom. The zero-order valence-electron chi connectivity index (χ0n) is 12.0. The van der Waals surface area contributed by atoms with Crippen LogP contribution in [0.25, 0.3) is 11.0 Å². The van der Waals surface area contributed by atoms with Crippen LogP contribution in [0, 0.1) is 3.57 Å². The molecule has 3 aromatic rings. The van der Waals surface area contributed by atoms with E-state index in [0.29, 0.717) is 10.9 Å². The summed E-state index contributed by atoms with van der Waals surface area (Å²) in [6.45, 7) is 0.0569. The maximum atomic E-state index is 12.6. The highest BCUT2D eigenvalue weighted by Gasteiger charge is 2.29. The van der Waals surface area contributed by atoms with Gasteiger partial charge in [-0.3, -0.25) is 9.36 Å². The first kappa shape index (κ1) is 16.7. The lowest BCUT2D eigenvalue weighted by Crippen LogP contribution is -2.21. The van der Waals surface area contributed by atoms with Crippen molar-refractivity contribution in [3.8, 4) is 5.75 Å². The third-order valence-corrected chi connectivity index (χ3v) is 4.10. The molecule has 0 aliphatic carbocycles. The van der Waals surface area contributed by atoms with Gasteiger partial charge in [-0.1, -0.05) is 12.1 Å². The first-order valence-electron chi connectivity index (χ1n) is 6.80. The Morgan fingerprint density at radius 3 is 2.46 bits per heavy atom. The van der Waals surface area contributed by atoms with Crippen LogP contribution in [0.3, 0.4) is 0 Å². The van der Waals surface area contributed by atoms with Crippen LogP contribution in [0.5, 0.6) is 5.75 Å². The van der Waals surface area contributed by atoms with Crippen LogP contribution in [0.15, 0.2) is 47.4 Å². The number of nitrogens with zero attached hydrogens (tertiary/aromatic N) is 2. The predicted molar refractivity (Wildman–Crippen MR) is 90.9 cm³/mol. The molecule has 0 atom stereocenters. The molecule has 0 amide bonds. The number of hydrogen-bond acceptors (Lipinski definition) is 3. The van der Waals surface area contributed by atoms with Gasteiger partial charge in [0.2, 0.25) is 0 Å². The number of aromatic hydroxyl groups is 1. The van der Waals surface area contributed by atoms with Crippen LogP contribution in [-0.2, 0) is 12.7 Å². The van der Waals surface area contributed by atoms with Gasteiger partial charge in [0.15, 0.2) is 0 Å². The van der Waals surface area contributed by atoms with Gasteiger partial charge in [0.25, 0.3) is 5.56 Å². The van der Waals surface area contributed by atoms with E-state index in [4.69, 9.17) is 0 Å². The summed E-state index contributed by atoms with van der Waals surface area (Å²) in [5, 5.41) is 10.3. The molecule has 0 spiro atoms. The van der Waals surface area contributed by atoms with Crippen molar-refractivity contribution in [3.63, 3.8) is 0 Å².